The van der Waals surface area contributed by atoms with Gasteiger partial charge in [-0.05, 0) is 24.8 Å². The maximum atomic E-state index is 13.0. The summed E-state index contributed by atoms with van der Waals surface area (Å²) in [6, 6.07) is 3.03. The van der Waals surface area contributed by atoms with E-state index in [4.69, 9.17) is 14.9 Å². The van der Waals surface area contributed by atoms with Crippen LogP contribution < -0.4 is 21.3 Å². The Morgan fingerprint density at radius 3 is 1.95 bits per heavy atom. The number of aliphatic carboxylic acids is 2. The van der Waals surface area contributed by atoms with Crippen molar-refractivity contribution in [2.24, 2.45) is 5.92 Å². The number of hydrogen-bond acceptors (Lipinski definition) is 8. The summed E-state index contributed by atoms with van der Waals surface area (Å²) in [7, 11) is 0. The smallest absolute Gasteiger partial charge is 0.408 e. The number of Topliss-reactive ketones (excluding diaryl/α,β-unsaturated/α-hetero) is 1. The zero-order chi connectivity index (χ0) is 31.1. The molecule has 0 spiro atoms. The van der Waals surface area contributed by atoms with Crippen molar-refractivity contribution < 1.29 is 52.9 Å². The number of rotatable bonds is 17. The summed E-state index contributed by atoms with van der Waals surface area (Å²) in [5.41, 5.74) is 0.706. The molecule has 0 aromatic heterocycles. The van der Waals surface area contributed by atoms with Crippen LogP contribution in [0, 0.1) is 5.92 Å². The minimum absolute atomic E-state index is 0.0619. The Kier molecular flexibility index (Phi) is 14.5. The number of amides is 4. The van der Waals surface area contributed by atoms with Gasteiger partial charge in [-0.25, -0.2) is 9.18 Å². The van der Waals surface area contributed by atoms with E-state index in [1.54, 1.807) is 30.3 Å². The third-order valence-electron chi connectivity index (χ3n) is 5.68. The predicted molar refractivity (Wildman–Crippen MR) is 140 cm³/mol. The fourth-order valence-electron chi connectivity index (χ4n) is 3.40. The van der Waals surface area contributed by atoms with Gasteiger partial charge < -0.3 is 36.2 Å². The van der Waals surface area contributed by atoms with Crippen molar-refractivity contribution in [3.8, 4) is 0 Å². The summed E-state index contributed by atoms with van der Waals surface area (Å²) in [4.78, 5) is 84.5. The summed E-state index contributed by atoms with van der Waals surface area (Å²) in [6.45, 7) is 2.76. The van der Waals surface area contributed by atoms with Crippen molar-refractivity contribution in [2.45, 2.75) is 70.8 Å². The van der Waals surface area contributed by atoms with Crippen molar-refractivity contribution in [3.05, 3.63) is 35.9 Å². The van der Waals surface area contributed by atoms with Gasteiger partial charge in [0, 0.05) is 6.42 Å². The first-order chi connectivity index (χ1) is 19.2. The molecule has 0 saturated carbocycles. The number of carbonyl (C=O) groups is 7. The molecule has 1 aromatic rings. The predicted octanol–water partition coefficient (Wildman–Crippen LogP) is 0.290. The molecule has 4 atom stereocenters. The lowest BCUT2D eigenvalue weighted by atomic mass is 10.0. The Bertz CT molecular complexity index is 1100. The number of nitrogens with one attached hydrogen (secondary N) is 4. The molecule has 1 aromatic carbocycles. The van der Waals surface area contributed by atoms with E-state index in [9.17, 15) is 38.0 Å². The Morgan fingerprint density at radius 2 is 1.41 bits per heavy atom. The maximum Gasteiger partial charge on any atom is 0.408 e. The molecule has 41 heavy (non-hydrogen) atoms. The summed E-state index contributed by atoms with van der Waals surface area (Å²) in [5, 5.41) is 27.1. The topological polar surface area (TPSA) is 217 Å². The molecule has 4 unspecified atom stereocenters. The molecular formula is C26H35FN4O10. The third-order valence-corrected chi connectivity index (χ3v) is 5.68. The second-order valence-corrected chi connectivity index (χ2v) is 9.41. The van der Waals surface area contributed by atoms with E-state index in [0.717, 1.165) is 0 Å². The van der Waals surface area contributed by atoms with Crippen molar-refractivity contribution in [1.29, 1.82) is 0 Å². The van der Waals surface area contributed by atoms with Crippen LogP contribution in [0.25, 0.3) is 0 Å². The molecule has 1 rings (SSSR count). The van der Waals surface area contributed by atoms with Crippen molar-refractivity contribution in [2.75, 3.05) is 6.67 Å². The molecule has 4 amide bonds. The molecule has 15 heteroatoms. The lowest BCUT2D eigenvalue weighted by molar-refractivity contribution is -0.141. The Morgan fingerprint density at radius 1 is 0.805 bits per heavy atom. The highest BCUT2D eigenvalue weighted by Crippen LogP contribution is 2.08. The van der Waals surface area contributed by atoms with Gasteiger partial charge in [-0.1, -0.05) is 44.2 Å². The van der Waals surface area contributed by atoms with E-state index in [2.05, 4.69) is 21.3 Å². The van der Waals surface area contributed by atoms with Gasteiger partial charge in [0.2, 0.25) is 17.7 Å². The van der Waals surface area contributed by atoms with Crippen LogP contribution in [0.15, 0.2) is 30.3 Å². The van der Waals surface area contributed by atoms with Crippen molar-refractivity contribution in [1.82, 2.24) is 21.3 Å². The quantitative estimate of drug-likeness (QED) is 0.147. The number of hydrogen-bond donors (Lipinski definition) is 6. The first-order valence-corrected chi connectivity index (χ1v) is 12.7. The summed E-state index contributed by atoms with van der Waals surface area (Å²) in [5.74, 6) is -7.34. The number of alkyl carbamates (subject to hydrolysis) is 1. The standard InChI is InChI=1S/C26H35FN4O10/c1-14(2)22(25(39)30-18(11-21(35)36)19(32)12-27)31-24(38)17(9-10-20(33)34)29-23(37)15(3)28-26(40)41-13-16-7-5-4-6-8-16/h4-8,14-15,17-18,22H,9-13H2,1-3H3,(H,28,40)(H,29,37)(H,30,39)(H,31,38)(H,33,34)(H,35,36). The van der Waals surface area contributed by atoms with Gasteiger partial charge in [0.05, 0.1) is 6.42 Å². The van der Waals surface area contributed by atoms with Gasteiger partial charge in [0.25, 0.3) is 0 Å². The minimum atomic E-state index is -1.68. The lowest BCUT2D eigenvalue weighted by Gasteiger charge is -2.27. The van der Waals surface area contributed by atoms with Gasteiger partial charge in [0.1, 0.15) is 37.4 Å². The molecule has 0 heterocycles. The fourth-order valence-corrected chi connectivity index (χ4v) is 3.40. The van der Waals surface area contributed by atoms with E-state index in [0.29, 0.717) is 5.56 Å². The fraction of sp³-hybridized carbons (Fsp3) is 0.500. The van der Waals surface area contributed by atoms with Crippen LogP contribution in [0.4, 0.5) is 9.18 Å². The average Bonchev–Trinajstić information content (AvgIpc) is 2.91. The lowest BCUT2D eigenvalue weighted by Crippen LogP contribution is -2.59. The van der Waals surface area contributed by atoms with E-state index in [1.807, 2.05) is 0 Å². The number of carbonyl (C=O) groups excluding carboxylic acids is 5. The minimum Gasteiger partial charge on any atom is -0.481 e. The summed E-state index contributed by atoms with van der Waals surface area (Å²) < 4.78 is 17.9. The highest BCUT2D eigenvalue weighted by atomic mass is 19.1. The second kappa shape index (κ2) is 17.2. The number of carboxylic acids is 2. The zero-order valence-corrected chi connectivity index (χ0v) is 22.8. The highest BCUT2D eigenvalue weighted by Gasteiger charge is 2.33. The largest absolute Gasteiger partial charge is 0.481 e. The molecule has 6 N–H and O–H groups in total. The molecule has 0 saturated heterocycles. The molecule has 0 bridgehead atoms. The van der Waals surface area contributed by atoms with Gasteiger partial charge in [-0.3, -0.25) is 28.8 Å². The monoisotopic (exact) mass is 582 g/mol. The van der Waals surface area contributed by atoms with Crippen molar-refractivity contribution in [3.63, 3.8) is 0 Å². The number of ether oxygens (including phenoxy) is 1. The number of carboxylic acid groups (broad SMARTS) is 2. The van der Waals surface area contributed by atoms with Crippen molar-refractivity contribution >= 4 is 41.5 Å². The highest BCUT2D eigenvalue weighted by molar-refractivity contribution is 5.96. The molecule has 0 radical (unpaired) electrons. The molecule has 0 aliphatic rings. The normalized spacial score (nSPS) is 13.6. The Labute approximate surface area is 235 Å². The average molecular weight is 583 g/mol. The maximum absolute atomic E-state index is 13.0. The molecule has 0 aliphatic carbocycles. The van der Waals surface area contributed by atoms with Gasteiger partial charge in [-0.2, -0.15) is 0 Å². The van der Waals surface area contributed by atoms with Crippen LogP contribution in [0.2, 0.25) is 0 Å². The van der Waals surface area contributed by atoms with Crippen LogP contribution in [0.3, 0.4) is 0 Å². The van der Waals surface area contributed by atoms with Crippen LogP contribution in [-0.2, 0) is 40.1 Å². The first-order valence-electron chi connectivity index (χ1n) is 12.7. The van der Waals surface area contributed by atoms with Gasteiger partial charge >= 0.3 is 18.0 Å². The Hall–Kier alpha value is -4.56. The van der Waals surface area contributed by atoms with Crippen LogP contribution in [0.1, 0.15) is 45.6 Å². The van der Waals surface area contributed by atoms with Gasteiger partial charge in [-0.15, -0.1) is 0 Å². The van der Waals surface area contributed by atoms with Gasteiger partial charge in [0.15, 0.2) is 5.78 Å². The first kappa shape index (κ1) is 34.5. The number of ketones is 1. The molecule has 0 fully saturated rings. The molecule has 14 nitrogen and oxygen atoms in total. The van der Waals surface area contributed by atoms with Crippen LogP contribution in [-0.4, -0.2) is 82.6 Å². The Balaban J connectivity index is 2.91. The van der Waals surface area contributed by atoms with Crippen LogP contribution in [0.5, 0.6) is 0 Å². The zero-order valence-electron chi connectivity index (χ0n) is 22.8. The number of alkyl halides is 1. The number of benzene rings is 1. The third kappa shape index (κ3) is 12.9. The SMILES string of the molecule is CC(NC(=O)OCc1ccccc1)C(=O)NC(CCC(=O)O)C(=O)NC(C(=O)NC(CC(=O)O)C(=O)CF)C(C)C. The second-order valence-electron chi connectivity index (χ2n) is 9.41. The van der Waals surface area contributed by atoms with E-state index < -0.39 is 91.1 Å². The molecule has 226 valence electrons. The van der Waals surface area contributed by atoms with E-state index in [1.165, 1.54) is 20.8 Å². The van der Waals surface area contributed by atoms with E-state index >= 15 is 0 Å². The summed E-state index contributed by atoms with van der Waals surface area (Å²) in [6.07, 6.45) is -2.72. The van der Waals surface area contributed by atoms with Crippen LogP contribution >= 0.6 is 0 Å². The molecular weight excluding hydrogens is 547 g/mol. The van der Waals surface area contributed by atoms with E-state index in [-0.39, 0.29) is 13.0 Å². The summed E-state index contributed by atoms with van der Waals surface area (Å²) >= 11 is 0. The molecule has 0 aliphatic heterocycles. The number of halogens is 1.